The van der Waals surface area contributed by atoms with Crippen molar-refractivity contribution in [2.24, 2.45) is 0 Å². The van der Waals surface area contributed by atoms with Gasteiger partial charge in [-0.25, -0.2) is 4.79 Å². The second-order valence-electron chi connectivity index (χ2n) is 4.92. The maximum absolute atomic E-state index is 11.7. The molecule has 0 saturated carbocycles. The summed E-state index contributed by atoms with van der Waals surface area (Å²) < 4.78 is 10.4. The van der Waals surface area contributed by atoms with Gasteiger partial charge in [0.1, 0.15) is 17.9 Å². The molecular weight excluding hydrogens is 272 g/mol. The Morgan fingerprint density at radius 1 is 1.38 bits per heavy atom. The van der Waals surface area contributed by atoms with Crippen molar-refractivity contribution >= 4 is 16.9 Å². The summed E-state index contributed by atoms with van der Waals surface area (Å²) in [7, 11) is 0. The van der Waals surface area contributed by atoms with Crippen molar-refractivity contribution < 1.29 is 19.1 Å². The number of rotatable bonds is 6. The van der Waals surface area contributed by atoms with Crippen LogP contribution in [0.5, 0.6) is 5.75 Å². The van der Waals surface area contributed by atoms with E-state index in [-0.39, 0.29) is 0 Å². The Morgan fingerprint density at radius 3 is 2.81 bits per heavy atom. The molecule has 0 spiro atoms. The highest BCUT2D eigenvalue weighted by Gasteiger charge is 2.11. The van der Waals surface area contributed by atoms with E-state index in [1.807, 2.05) is 0 Å². The Balaban J connectivity index is 2.49. The lowest BCUT2D eigenvalue weighted by Crippen LogP contribution is -2.29. The smallest absolute Gasteiger partial charge is 0.336 e. The van der Waals surface area contributed by atoms with Crippen LogP contribution in [0.2, 0.25) is 0 Å². The van der Waals surface area contributed by atoms with Crippen LogP contribution >= 0.6 is 0 Å². The molecule has 0 radical (unpaired) electrons. The average molecular weight is 289 g/mol. The van der Waals surface area contributed by atoms with E-state index in [0.29, 0.717) is 16.9 Å². The molecule has 0 saturated heterocycles. The number of aryl methyl sites for hydroxylation is 2. The number of carboxylic acids is 1. The molecule has 0 N–H and O–H groups in total. The van der Waals surface area contributed by atoms with E-state index in [0.717, 1.165) is 30.2 Å². The summed E-state index contributed by atoms with van der Waals surface area (Å²) in [5, 5.41) is 11.3. The molecule has 0 atom stereocenters. The lowest BCUT2D eigenvalue weighted by Gasteiger charge is -2.12. The van der Waals surface area contributed by atoms with Crippen molar-refractivity contribution in [3.05, 3.63) is 39.7 Å². The number of aliphatic carboxylic acids is 1. The molecule has 0 amide bonds. The van der Waals surface area contributed by atoms with Crippen LogP contribution in [-0.4, -0.2) is 12.6 Å². The number of hydrogen-bond donors (Lipinski definition) is 0. The molecule has 1 aromatic carbocycles. The molecule has 112 valence electrons. The molecule has 2 rings (SSSR count). The highest BCUT2D eigenvalue weighted by Crippen LogP contribution is 2.29. The maximum Gasteiger partial charge on any atom is 0.336 e. The van der Waals surface area contributed by atoms with Crippen molar-refractivity contribution in [1.29, 1.82) is 0 Å². The van der Waals surface area contributed by atoms with Crippen LogP contribution in [0.4, 0.5) is 0 Å². The van der Waals surface area contributed by atoms with Crippen molar-refractivity contribution in [1.82, 2.24) is 0 Å². The van der Waals surface area contributed by atoms with E-state index >= 15 is 0 Å². The molecule has 1 aromatic heterocycles. The Hall–Kier alpha value is -2.30. The van der Waals surface area contributed by atoms with E-state index in [1.165, 1.54) is 6.07 Å². The molecule has 0 fully saturated rings. The minimum Gasteiger partial charge on any atom is -0.546 e. The Labute approximate surface area is 122 Å². The van der Waals surface area contributed by atoms with Gasteiger partial charge in [-0.15, -0.1) is 0 Å². The van der Waals surface area contributed by atoms with Gasteiger partial charge < -0.3 is 19.1 Å². The first-order valence-electron chi connectivity index (χ1n) is 6.92. The number of unbranched alkanes of at least 4 members (excludes halogenated alkanes) is 1. The summed E-state index contributed by atoms with van der Waals surface area (Å²) in [5.41, 5.74) is 1.60. The summed E-state index contributed by atoms with van der Waals surface area (Å²) in [6, 6.07) is 5.00. The summed E-state index contributed by atoms with van der Waals surface area (Å²) in [4.78, 5) is 22.1. The molecule has 5 heteroatoms. The summed E-state index contributed by atoms with van der Waals surface area (Å²) in [6.45, 7) is 3.29. The van der Waals surface area contributed by atoms with Gasteiger partial charge in [0.25, 0.3) is 0 Å². The zero-order valence-electron chi connectivity index (χ0n) is 12.1. The molecule has 0 aliphatic rings. The van der Waals surface area contributed by atoms with Crippen LogP contribution in [0.25, 0.3) is 11.0 Å². The quantitative estimate of drug-likeness (QED) is 0.754. The van der Waals surface area contributed by atoms with Crippen LogP contribution < -0.4 is 15.5 Å². The average Bonchev–Trinajstić information content (AvgIpc) is 2.44. The van der Waals surface area contributed by atoms with Gasteiger partial charge in [0.15, 0.2) is 0 Å². The first-order valence-corrected chi connectivity index (χ1v) is 6.92. The fraction of sp³-hybridized carbons (Fsp3) is 0.375. The zero-order chi connectivity index (χ0) is 15.4. The minimum absolute atomic E-state index is 0.377. The number of hydrogen-bond acceptors (Lipinski definition) is 5. The van der Waals surface area contributed by atoms with Gasteiger partial charge in [0, 0.05) is 17.0 Å². The van der Waals surface area contributed by atoms with Crippen molar-refractivity contribution in [2.45, 2.75) is 33.1 Å². The molecule has 2 aromatic rings. The van der Waals surface area contributed by atoms with E-state index in [1.54, 1.807) is 19.1 Å². The van der Waals surface area contributed by atoms with Crippen LogP contribution in [0.1, 0.15) is 30.9 Å². The standard InChI is InChI=1S/C16H18O5/c1-3-4-5-11-8-15(19)21-16-10(2)13(7-6-12(11)16)20-9-14(17)18/h6-8H,3-5,9H2,1-2H3,(H,17,18)/p-1. The third-order valence-electron chi connectivity index (χ3n) is 3.34. The predicted octanol–water partition coefficient (Wildman–Crippen LogP) is 1.57. The van der Waals surface area contributed by atoms with Gasteiger partial charge in [-0.2, -0.15) is 0 Å². The first kappa shape index (κ1) is 15.1. The largest absolute Gasteiger partial charge is 0.546 e. The van der Waals surface area contributed by atoms with Gasteiger partial charge in [-0.05, 0) is 37.5 Å². The first-order chi connectivity index (χ1) is 10.0. The van der Waals surface area contributed by atoms with Crippen LogP contribution in [0.15, 0.2) is 27.4 Å². The number of fused-ring (bicyclic) bond motifs is 1. The highest BCUT2D eigenvalue weighted by atomic mass is 16.5. The number of carbonyl (C=O) groups excluding carboxylic acids is 1. The molecule has 5 nitrogen and oxygen atoms in total. The molecule has 1 heterocycles. The number of ether oxygens (including phenoxy) is 1. The summed E-state index contributed by atoms with van der Waals surface area (Å²) in [5.74, 6) is -0.921. The fourth-order valence-corrected chi connectivity index (χ4v) is 2.28. The van der Waals surface area contributed by atoms with Crippen molar-refractivity contribution in [3.63, 3.8) is 0 Å². The molecule has 0 unspecified atom stereocenters. The Kier molecular flexibility index (Phi) is 4.62. The zero-order valence-corrected chi connectivity index (χ0v) is 12.1. The number of carboxylic acid groups (broad SMARTS) is 1. The van der Waals surface area contributed by atoms with E-state index in [2.05, 4.69) is 6.92 Å². The van der Waals surface area contributed by atoms with Gasteiger partial charge in [-0.3, -0.25) is 0 Å². The number of benzene rings is 1. The van der Waals surface area contributed by atoms with E-state index < -0.39 is 18.2 Å². The van der Waals surface area contributed by atoms with Crippen LogP contribution in [0.3, 0.4) is 0 Å². The normalized spacial score (nSPS) is 10.8. The minimum atomic E-state index is -1.30. The molecule has 0 aliphatic heterocycles. The summed E-state index contributed by atoms with van der Waals surface area (Å²) >= 11 is 0. The van der Waals surface area contributed by atoms with Crippen molar-refractivity contribution in [2.75, 3.05) is 6.61 Å². The maximum atomic E-state index is 11.7. The Bertz CT molecular complexity index is 714. The molecule has 0 bridgehead atoms. The highest BCUT2D eigenvalue weighted by molar-refractivity contribution is 5.85. The van der Waals surface area contributed by atoms with E-state index in [9.17, 15) is 14.7 Å². The third-order valence-corrected chi connectivity index (χ3v) is 3.34. The van der Waals surface area contributed by atoms with Gasteiger partial charge in [0.05, 0.1) is 5.97 Å². The van der Waals surface area contributed by atoms with Crippen LogP contribution in [0, 0.1) is 6.92 Å². The predicted molar refractivity (Wildman–Crippen MR) is 76.3 cm³/mol. The molecule has 0 aliphatic carbocycles. The SMILES string of the molecule is CCCCc1cc(=O)oc2c(C)c(OCC(=O)[O-])ccc12. The second kappa shape index (κ2) is 6.43. The fourth-order valence-electron chi connectivity index (χ4n) is 2.28. The van der Waals surface area contributed by atoms with Crippen LogP contribution in [-0.2, 0) is 11.2 Å². The van der Waals surface area contributed by atoms with Gasteiger partial charge in [-0.1, -0.05) is 13.3 Å². The number of carbonyl (C=O) groups is 1. The van der Waals surface area contributed by atoms with Gasteiger partial charge >= 0.3 is 5.63 Å². The van der Waals surface area contributed by atoms with E-state index in [4.69, 9.17) is 9.15 Å². The lowest BCUT2D eigenvalue weighted by molar-refractivity contribution is -0.307. The topological polar surface area (TPSA) is 79.6 Å². The second-order valence-corrected chi connectivity index (χ2v) is 4.92. The van der Waals surface area contributed by atoms with Gasteiger partial charge in [0.2, 0.25) is 0 Å². The van der Waals surface area contributed by atoms with Crippen molar-refractivity contribution in [3.8, 4) is 5.75 Å². The monoisotopic (exact) mass is 289 g/mol. The summed E-state index contributed by atoms with van der Waals surface area (Å²) in [6.07, 6.45) is 2.82. The molecule has 21 heavy (non-hydrogen) atoms. The lowest BCUT2D eigenvalue weighted by atomic mass is 10.0. The third kappa shape index (κ3) is 3.42. The Morgan fingerprint density at radius 2 is 2.14 bits per heavy atom. The molecular formula is C16H17O5-.